The first-order chi connectivity index (χ1) is 17.6. The lowest BCUT2D eigenvalue weighted by molar-refractivity contribution is 0.718. The number of hydrogen-bond acceptors (Lipinski definition) is 1. The summed E-state index contributed by atoms with van der Waals surface area (Å²) in [6, 6.07) is 37.9. The average Bonchev–Trinajstić information content (AvgIpc) is 3.54. The molecule has 0 spiro atoms. The van der Waals surface area contributed by atoms with E-state index in [1.165, 1.54) is 46.8 Å². The molecule has 0 saturated heterocycles. The van der Waals surface area contributed by atoms with Crippen LogP contribution in [-0.4, -0.2) is 0 Å². The highest BCUT2D eigenvalue weighted by Gasteiger charge is 2.36. The van der Waals surface area contributed by atoms with Gasteiger partial charge in [-0.2, -0.15) is 0 Å². The molecule has 1 saturated carbocycles. The molecule has 0 heterocycles. The van der Waals surface area contributed by atoms with Gasteiger partial charge in [0.1, 0.15) is 0 Å². The van der Waals surface area contributed by atoms with Crippen LogP contribution in [0.5, 0.6) is 0 Å². The Morgan fingerprint density at radius 2 is 1.22 bits per heavy atom. The monoisotopic (exact) mass is 593 g/mol. The van der Waals surface area contributed by atoms with Gasteiger partial charge in [0.25, 0.3) is 0 Å². The summed E-state index contributed by atoms with van der Waals surface area (Å²) < 4.78 is 2.15. The van der Waals surface area contributed by atoms with Crippen molar-refractivity contribution in [3.05, 3.63) is 123 Å². The Morgan fingerprint density at radius 3 is 1.92 bits per heavy atom. The van der Waals surface area contributed by atoms with Gasteiger partial charge in [0.05, 0.1) is 5.69 Å². The molecule has 5 aromatic carbocycles. The van der Waals surface area contributed by atoms with Crippen molar-refractivity contribution < 1.29 is 0 Å². The Labute approximate surface area is 229 Å². The molecule has 0 radical (unpaired) electrons. The minimum Gasteiger partial charge on any atom is -0.310 e. The number of benzene rings is 5. The van der Waals surface area contributed by atoms with Gasteiger partial charge < -0.3 is 4.90 Å². The third kappa shape index (κ3) is 3.81. The van der Waals surface area contributed by atoms with Gasteiger partial charge in [0, 0.05) is 25.7 Å². The van der Waals surface area contributed by atoms with Crippen molar-refractivity contribution in [2.45, 2.75) is 31.1 Å². The van der Waals surface area contributed by atoms with Crippen molar-refractivity contribution >= 4 is 59.7 Å². The van der Waals surface area contributed by atoms with Crippen LogP contribution in [0.25, 0.3) is 21.9 Å². The van der Waals surface area contributed by atoms with Crippen molar-refractivity contribution in [1.29, 1.82) is 0 Å². The van der Waals surface area contributed by atoms with Gasteiger partial charge in [0.2, 0.25) is 0 Å². The average molecular weight is 595 g/mol. The Kier molecular flexibility index (Phi) is 5.52. The van der Waals surface area contributed by atoms with E-state index < -0.39 is 0 Å². The highest BCUT2D eigenvalue weighted by molar-refractivity contribution is 9.10. The summed E-state index contributed by atoms with van der Waals surface area (Å²) in [5.41, 5.74) is 9.24. The largest absolute Gasteiger partial charge is 0.310 e. The third-order valence-corrected chi connectivity index (χ3v) is 9.04. The summed E-state index contributed by atoms with van der Waals surface area (Å²) in [6.07, 6.45) is 4.07. The highest BCUT2D eigenvalue weighted by atomic mass is 79.9. The van der Waals surface area contributed by atoms with Crippen LogP contribution >= 0.6 is 31.9 Å². The molecule has 3 heteroatoms. The maximum absolute atomic E-state index is 3.61. The molecular weight excluding hydrogens is 570 g/mol. The number of nitrogens with zero attached hydrogens (tertiary/aromatic N) is 1. The van der Waals surface area contributed by atoms with E-state index in [1.807, 2.05) is 0 Å². The molecule has 36 heavy (non-hydrogen) atoms. The molecule has 176 valence electrons. The van der Waals surface area contributed by atoms with Crippen molar-refractivity contribution in [1.82, 2.24) is 0 Å². The molecular formula is C33H25Br2N. The van der Waals surface area contributed by atoms with E-state index in [2.05, 4.69) is 140 Å². The van der Waals surface area contributed by atoms with E-state index >= 15 is 0 Å². The van der Waals surface area contributed by atoms with Gasteiger partial charge in [-0.25, -0.2) is 0 Å². The maximum Gasteiger partial charge on any atom is 0.0546 e. The number of halogens is 2. The fraction of sp³-hybridized carbons (Fsp3) is 0.152. The van der Waals surface area contributed by atoms with E-state index in [0.29, 0.717) is 0 Å². The Morgan fingerprint density at radius 1 is 0.583 bits per heavy atom. The first-order valence-electron chi connectivity index (χ1n) is 12.6. The molecule has 0 aliphatic heterocycles. The molecule has 2 aliphatic carbocycles. The van der Waals surface area contributed by atoms with Gasteiger partial charge in [-0.15, -0.1) is 0 Å². The highest BCUT2D eigenvalue weighted by Crippen LogP contribution is 2.54. The van der Waals surface area contributed by atoms with E-state index in [4.69, 9.17) is 0 Å². The molecule has 5 aromatic rings. The van der Waals surface area contributed by atoms with E-state index in [0.717, 1.165) is 32.2 Å². The molecule has 0 aromatic heterocycles. The van der Waals surface area contributed by atoms with Gasteiger partial charge in [0.15, 0.2) is 0 Å². The first-order valence-corrected chi connectivity index (χ1v) is 14.2. The second-order valence-electron chi connectivity index (χ2n) is 10.1. The van der Waals surface area contributed by atoms with Crippen LogP contribution in [0.4, 0.5) is 17.1 Å². The van der Waals surface area contributed by atoms with Gasteiger partial charge in [-0.3, -0.25) is 0 Å². The second-order valence-corrected chi connectivity index (χ2v) is 11.9. The van der Waals surface area contributed by atoms with Crippen molar-refractivity contribution in [2.75, 3.05) is 4.90 Å². The Bertz CT molecular complexity index is 1540. The lowest BCUT2D eigenvalue weighted by Gasteiger charge is -2.28. The summed E-state index contributed by atoms with van der Waals surface area (Å²) >= 11 is 7.22. The number of hydrogen-bond donors (Lipinski definition) is 0. The topological polar surface area (TPSA) is 3.24 Å². The molecule has 2 aliphatic rings. The van der Waals surface area contributed by atoms with Gasteiger partial charge in [-0.1, -0.05) is 74.3 Å². The number of fused-ring (bicyclic) bond motifs is 6. The predicted molar refractivity (Wildman–Crippen MR) is 159 cm³/mol. The van der Waals surface area contributed by atoms with E-state index in [1.54, 1.807) is 11.1 Å². The zero-order valence-electron chi connectivity index (χ0n) is 19.8. The van der Waals surface area contributed by atoms with Gasteiger partial charge in [-0.05, 0) is 119 Å². The van der Waals surface area contributed by atoms with Crippen LogP contribution in [0, 0.1) is 0 Å². The minimum atomic E-state index is 0.756. The minimum absolute atomic E-state index is 0.756. The summed E-state index contributed by atoms with van der Waals surface area (Å²) in [6.45, 7) is 0. The lowest BCUT2D eigenvalue weighted by Crippen LogP contribution is -2.10. The quantitative estimate of drug-likeness (QED) is 0.200. The van der Waals surface area contributed by atoms with Crippen LogP contribution in [0.1, 0.15) is 42.2 Å². The number of rotatable bonds is 4. The van der Waals surface area contributed by atoms with Crippen molar-refractivity contribution in [2.24, 2.45) is 0 Å². The zero-order chi connectivity index (χ0) is 24.2. The van der Waals surface area contributed by atoms with Crippen LogP contribution < -0.4 is 4.90 Å². The van der Waals surface area contributed by atoms with Crippen LogP contribution in [0.3, 0.4) is 0 Å². The Hall–Kier alpha value is -2.88. The van der Waals surface area contributed by atoms with Crippen LogP contribution in [0.15, 0.2) is 112 Å². The zero-order valence-corrected chi connectivity index (χ0v) is 23.0. The first kappa shape index (κ1) is 22.3. The summed E-state index contributed by atoms with van der Waals surface area (Å²) in [4.78, 5) is 2.38. The van der Waals surface area contributed by atoms with Crippen LogP contribution in [-0.2, 0) is 0 Å². The smallest absolute Gasteiger partial charge is 0.0546 e. The van der Waals surface area contributed by atoms with E-state index in [-0.39, 0.29) is 0 Å². The fourth-order valence-corrected chi connectivity index (χ4v) is 6.80. The molecule has 2 unspecified atom stereocenters. The predicted octanol–water partition coefficient (Wildman–Crippen LogP) is 10.9. The van der Waals surface area contributed by atoms with Crippen LogP contribution in [0.2, 0.25) is 0 Å². The summed E-state index contributed by atoms with van der Waals surface area (Å²) in [5.74, 6) is 1.54. The molecule has 7 rings (SSSR count). The number of anilines is 3. The Balaban J connectivity index is 1.44. The third-order valence-electron chi connectivity index (χ3n) is 7.98. The molecule has 1 nitrogen and oxygen atoms in total. The SMILES string of the molecule is Brc1ccc(N(c2ccc(Br)cc2)c2cc(-c3ccc4c(c3)C3CCC4C3)cc3ccccc23)cc1. The molecule has 0 amide bonds. The molecule has 0 N–H and O–H groups in total. The van der Waals surface area contributed by atoms with Crippen molar-refractivity contribution in [3.8, 4) is 11.1 Å². The fourth-order valence-electron chi connectivity index (χ4n) is 6.28. The normalized spacial score (nSPS) is 17.9. The second kappa shape index (κ2) is 8.90. The van der Waals surface area contributed by atoms with E-state index in [9.17, 15) is 0 Å². The summed E-state index contributed by atoms with van der Waals surface area (Å²) in [5, 5.41) is 2.50. The lowest BCUT2D eigenvalue weighted by atomic mass is 9.88. The van der Waals surface area contributed by atoms with Crippen molar-refractivity contribution in [3.63, 3.8) is 0 Å². The molecule has 1 fully saturated rings. The maximum atomic E-state index is 3.61. The molecule has 2 bridgehead atoms. The van der Waals surface area contributed by atoms with Gasteiger partial charge >= 0.3 is 0 Å². The summed E-state index contributed by atoms with van der Waals surface area (Å²) in [7, 11) is 0. The molecule has 2 atom stereocenters. The standard InChI is InChI=1S/C33H25Br2N/c34-26-8-12-28(13-9-26)36(29-14-10-27(35)11-15-29)33-20-25(18-22-3-1-2-4-31(22)33)21-7-16-30-23-5-6-24(17-23)32(30)19-21/h1-4,7-16,18-20,23-24H,5-6,17H2.